The second kappa shape index (κ2) is 11.7. The fourth-order valence-corrected chi connectivity index (χ4v) is 4.25. The molecular formula is C26H39N3O7. The highest BCUT2D eigenvalue weighted by Crippen LogP contribution is 2.36. The summed E-state index contributed by atoms with van der Waals surface area (Å²) in [6.07, 6.45) is -1.12. The predicted octanol–water partition coefficient (Wildman–Crippen LogP) is 2.05. The van der Waals surface area contributed by atoms with Crippen molar-refractivity contribution in [2.24, 2.45) is 5.92 Å². The molecule has 10 heteroatoms. The van der Waals surface area contributed by atoms with Gasteiger partial charge in [-0.25, -0.2) is 9.59 Å². The summed E-state index contributed by atoms with van der Waals surface area (Å²) in [6.45, 7) is 10.7. The molecule has 4 N–H and O–H groups in total. The first-order valence-electron chi connectivity index (χ1n) is 12.2. The monoisotopic (exact) mass is 505 g/mol. The largest absolute Gasteiger partial charge is 0.480 e. The first-order chi connectivity index (χ1) is 16.7. The average molecular weight is 506 g/mol. The van der Waals surface area contributed by atoms with Gasteiger partial charge >= 0.3 is 12.1 Å². The fourth-order valence-electron chi connectivity index (χ4n) is 4.25. The van der Waals surface area contributed by atoms with Crippen LogP contribution in [0.5, 0.6) is 0 Å². The maximum atomic E-state index is 13.8. The van der Waals surface area contributed by atoms with Crippen molar-refractivity contribution in [1.82, 2.24) is 15.5 Å². The molecule has 2 rings (SSSR count). The number of aliphatic hydroxyl groups is 1. The third-order valence-corrected chi connectivity index (χ3v) is 6.31. The molecule has 10 nitrogen and oxygen atoms in total. The van der Waals surface area contributed by atoms with E-state index in [0.717, 1.165) is 5.56 Å². The van der Waals surface area contributed by atoms with Crippen molar-refractivity contribution in [1.29, 1.82) is 0 Å². The summed E-state index contributed by atoms with van der Waals surface area (Å²) in [7, 11) is 0. The van der Waals surface area contributed by atoms with E-state index in [-0.39, 0.29) is 11.8 Å². The summed E-state index contributed by atoms with van der Waals surface area (Å²) >= 11 is 0. The van der Waals surface area contributed by atoms with Gasteiger partial charge in [-0.2, -0.15) is 0 Å². The lowest BCUT2D eigenvalue weighted by molar-refractivity contribution is -0.145. The number of amides is 3. The number of carbonyl (C=O) groups is 4. The molecule has 0 saturated carbocycles. The Kier molecular flexibility index (Phi) is 9.48. The zero-order valence-electron chi connectivity index (χ0n) is 21.9. The molecule has 200 valence electrons. The molecule has 1 aromatic rings. The van der Waals surface area contributed by atoms with Crippen LogP contribution in [0.4, 0.5) is 4.79 Å². The van der Waals surface area contributed by atoms with E-state index in [1.54, 1.807) is 39.5 Å². The van der Waals surface area contributed by atoms with Crippen molar-refractivity contribution in [2.75, 3.05) is 13.1 Å². The molecule has 0 spiro atoms. The lowest BCUT2D eigenvalue weighted by Crippen LogP contribution is -2.60. The molecule has 3 atom stereocenters. The third kappa shape index (κ3) is 7.19. The molecule has 0 aliphatic carbocycles. The number of ether oxygens (including phenoxy) is 1. The van der Waals surface area contributed by atoms with Gasteiger partial charge < -0.3 is 30.5 Å². The third-order valence-electron chi connectivity index (χ3n) is 6.31. The molecule has 1 heterocycles. The van der Waals surface area contributed by atoms with E-state index < -0.39 is 47.2 Å². The Morgan fingerprint density at radius 2 is 1.53 bits per heavy atom. The average Bonchev–Trinajstić information content (AvgIpc) is 2.79. The second-order valence-electron chi connectivity index (χ2n) is 10.7. The summed E-state index contributed by atoms with van der Waals surface area (Å²) < 4.78 is 5.48. The van der Waals surface area contributed by atoms with E-state index in [1.165, 1.54) is 6.92 Å². The van der Waals surface area contributed by atoms with Crippen LogP contribution in [0.15, 0.2) is 30.3 Å². The minimum Gasteiger partial charge on any atom is -0.480 e. The predicted molar refractivity (Wildman–Crippen MR) is 133 cm³/mol. The number of carboxylic acid groups (broad SMARTS) is 1. The van der Waals surface area contributed by atoms with Crippen molar-refractivity contribution in [3.8, 4) is 0 Å². The maximum Gasteiger partial charge on any atom is 0.410 e. The van der Waals surface area contributed by atoms with Crippen LogP contribution in [0.3, 0.4) is 0 Å². The summed E-state index contributed by atoms with van der Waals surface area (Å²) in [5.41, 5.74) is -0.870. The van der Waals surface area contributed by atoms with Crippen molar-refractivity contribution in [3.05, 3.63) is 35.9 Å². The van der Waals surface area contributed by atoms with Crippen LogP contribution in [-0.4, -0.2) is 75.9 Å². The number of carbonyl (C=O) groups excluding carboxylic acids is 3. The van der Waals surface area contributed by atoms with Gasteiger partial charge in [0.15, 0.2) is 6.04 Å². The normalized spacial score (nSPS) is 18.1. The Bertz CT molecular complexity index is 933. The second-order valence-corrected chi connectivity index (χ2v) is 10.7. The molecule has 1 saturated heterocycles. The van der Waals surface area contributed by atoms with Crippen LogP contribution in [-0.2, 0) is 24.5 Å². The van der Waals surface area contributed by atoms with E-state index in [9.17, 15) is 29.4 Å². The number of carboxylic acids is 1. The molecule has 3 amide bonds. The summed E-state index contributed by atoms with van der Waals surface area (Å²) in [4.78, 5) is 52.4. The zero-order chi connectivity index (χ0) is 27.3. The number of rotatable bonds is 8. The number of nitrogens with one attached hydrogen (secondary N) is 2. The topological polar surface area (TPSA) is 145 Å². The fraction of sp³-hybridized carbons (Fsp3) is 0.615. The van der Waals surface area contributed by atoms with E-state index in [0.29, 0.717) is 25.9 Å². The van der Waals surface area contributed by atoms with Crippen LogP contribution < -0.4 is 10.6 Å². The van der Waals surface area contributed by atoms with Gasteiger partial charge in [0.25, 0.3) is 0 Å². The van der Waals surface area contributed by atoms with Crippen molar-refractivity contribution in [2.45, 2.75) is 83.6 Å². The van der Waals surface area contributed by atoms with Gasteiger partial charge in [-0.1, -0.05) is 44.2 Å². The van der Waals surface area contributed by atoms with E-state index in [1.807, 2.05) is 30.3 Å². The molecule has 1 aliphatic heterocycles. The number of piperidine rings is 1. The minimum atomic E-state index is -1.50. The molecule has 1 aliphatic rings. The molecule has 0 radical (unpaired) electrons. The van der Waals surface area contributed by atoms with Crippen LogP contribution in [0.1, 0.15) is 59.9 Å². The van der Waals surface area contributed by atoms with Gasteiger partial charge in [-0.15, -0.1) is 0 Å². The molecule has 0 unspecified atom stereocenters. The smallest absolute Gasteiger partial charge is 0.410 e. The zero-order valence-corrected chi connectivity index (χ0v) is 21.9. The van der Waals surface area contributed by atoms with Gasteiger partial charge in [0.05, 0.1) is 11.5 Å². The highest BCUT2D eigenvalue weighted by molar-refractivity contribution is 5.94. The SMILES string of the molecule is CC(C)[C@@H](NC(=O)C1(c2ccccc2)CCN(C(=O)OC(C)(C)C)CC1)C(=O)N[C@H](C(=O)O)[C@H](C)O. The van der Waals surface area contributed by atoms with E-state index in [2.05, 4.69) is 10.6 Å². The Balaban J connectivity index is 2.28. The van der Waals surface area contributed by atoms with Gasteiger partial charge in [0.1, 0.15) is 11.6 Å². The summed E-state index contributed by atoms with van der Waals surface area (Å²) in [6, 6.07) is 6.67. The maximum absolute atomic E-state index is 13.8. The first kappa shape index (κ1) is 29.1. The van der Waals surface area contributed by atoms with Crippen LogP contribution in [0.25, 0.3) is 0 Å². The number of aliphatic hydroxyl groups excluding tert-OH is 1. The number of nitrogens with zero attached hydrogens (tertiary/aromatic N) is 1. The van der Waals surface area contributed by atoms with E-state index in [4.69, 9.17) is 4.74 Å². The molecule has 1 aromatic carbocycles. The summed E-state index contributed by atoms with van der Waals surface area (Å²) in [5, 5.41) is 24.2. The van der Waals surface area contributed by atoms with Crippen LogP contribution in [0, 0.1) is 5.92 Å². The highest BCUT2D eigenvalue weighted by Gasteiger charge is 2.45. The molecule has 0 aromatic heterocycles. The van der Waals surface area contributed by atoms with Crippen LogP contribution >= 0.6 is 0 Å². The highest BCUT2D eigenvalue weighted by atomic mass is 16.6. The molecular weight excluding hydrogens is 466 g/mol. The number of hydrogen-bond donors (Lipinski definition) is 4. The molecule has 1 fully saturated rings. The van der Waals surface area contributed by atoms with Crippen molar-refractivity contribution in [3.63, 3.8) is 0 Å². The van der Waals surface area contributed by atoms with Gasteiger partial charge in [-0.05, 0) is 52.0 Å². The minimum absolute atomic E-state index is 0.291. The Labute approximate surface area is 212 Å². The number of benzene rings is 1. The lowest BCUT2D eigenvalue weighted by atomic mass is 9.71. The Hall–Kier alpha value is -3.14. The number of likely N-dealkylation sites (tertiary alicyclic amines) is 1. The van der Waals surface area contributed by atoms with Gasteiger partial charge in [-0.3, -0.25) is 9.59 Å². The van der Waals surface area contributed by atoms with Crippen molar-refractivity contribution < 1.29 is 34.1 Å². The van der Waals surface area contributed by atoms with Crippen molar-refractivity contribution >= 4 is 23.9 Å². The Morgan fingerprint density at radius 1 is 0.972 bits per heavy atom. The van der Waals surface area contributed by atoms with Crippen LogP contribution in [0.2, 0.25) is 0 Å². The standard InChI is InChI=1S/C26H39N3O7/c1-16(2)19(21(31)27-20(17(3)30)22(32)33)28-23(34)26(18-10-8-7-9-11-18)12-14-29(15-13-26)24(35)36-25(4,5)6/h7-11,16-17,19-20,30H,12-15H2,1-6H3,(H,27,31)(H,28,34)(H,32,33)/t17-,19+,20-/m0/s1. The van der Waals surface area contributed by atoms with Gasteiger partial charge in [0, 0.05) is 13.1 Å². The van der Waals surface area contributed by atoms with E-state index >= 15 is 0 Å². The molecule has 0 bridgehead atoms. The molecule has 36 heavy (non-hydrogen) atoms. The van der Waals surface area contributed by atoms with Gasteiger partial charge in [0.2, 0.25) is 11.8 Å². The lowest BCUT2D eigenvalue weighted by Gasteiger charge is -2.42. The summed E-state index contributed by atoms with van der Waals surface area (Å²) in [5.74, 6) is -2.80. The Morgan fingerprint density at radius 3 is 1.97 bits per heavy atom. The first-order valence-corrected chi connectivity index (χ1v) is 12.2. The number of hydrogen-bond acceptors (Lipinski definition) is 6. The number of aliphatic carboxylic acids is 1. The quantitative estimate of drug-likeness (QED) is 0.423.